The van der Waals surface area contributed by atoms with Gasteiger partial charge in [-0.3, -0.25) is 4.99 Å². The van der Waals surface area contributed by atoms with Gasteiger partial charge in [-0.2, -0.15) is 0 Å². The first-order valence-corrected chi connectivity index (χ1v) is 9.27. The lowest BCUT2D eigenvalue weighted by Crippen LogP contribution is -2.48. The van der Waals surface area contributed by atoms with Crippen LogP contribution in [0.5, 0.6) is 11.5 Å². The Labute approximate surface area is 178 Å². The van der Waals surface area contributed by atoms with Gasteiger partial charge >= 0.3 is 0 Å². The van der Waals surface area contributed by atoms with Crippen LogP contribution in [0.1, 0.15) is 25.3 Å². The molecule has 2 aliphatic heterocycles. The van der Waals surface area contributed by atoms with E-state index in [2.05, 4.69) is 27.8 Å². The lowest BCUT2D eigenvalue weighted by Gasteiger charge is -2.38. The molecule has 152 valence electrons. The fourth-order valence-corrected chi connectivity index (χ4v) is 3.42. The summed E-state index contributed by atoms with van der Waals surface area (Å²) < 4.78 is 22.0. The van der Waals surface area contributed by atoms with Crippen LogP contribution >= 0.6 is 24.0 Å². The van der Waals surface area contributed by atoms with E-state index in [4.69, 9.17) is 18.9 Å². The molecule has 2 aliphatic rings. The molecule has 0 radical (unpaired) electrons. The minimum absolute atomic E-state index is 0. The summed E-state index contributed by atoms with van der Waals surface area (Å²) in [6, 6.07) is 6.26. The van der Waals surface area contributed by atoms with E-state index in [0.29, 0.717) is 13.4 Å². The Morgan fingerprint density at radius 1 is 1.19 bits per heavy atom. The number of fused-ring (bicyclic) bond motifs is 1. The van der Waals surface area contributed by atoms with Crippen LogP contribution < -0.4 is 20.1 Å². The van der Waals surface area contributed by atoms with Gasteiger partial charge in [0.1, 0.15) is 0 Å². The van der Waals surface area contributed by atoms with E-state index in [1.807, 2.05) is 13.0 Å². The fraction of sp³-hybridized carbons (Fsp3) is 0.632. The van der Waals surface area contributed by atoms with Crippen LogP contribution in [0.15, 0.2) is 23.2 Å². The summed E-state index contributed by atoms with van der Waals surface area (Å²) in [7, 11) is 1.78. The molecule has 0 aromatic heterocycles. The smallest absolute Gasteiger partial charge is 0.231 e. The van der Waals surface area contributed by atoms with Crippen LogP contribution in [0.3, 0.4) is 0 Å². The molecular weight excluding hydrogens is 461 g/mol. The van der Waals surface area contributed by atoms with Gasteiger partial charge in [-0.25, -0.2) is 0 Å². The number of nitrogens with one attached hydrogen (secondary N) is 2. The second-order valence-corrected chi connectivity index (χ2v) is 6.51. The van der Waals surface area contributed by atoms with Crippen LogP contribution in [0.25, 0.3) is 0 Å². The number of aliphatic imine (C=N–C) groups is 1. The van der Waals surface area contributed by atoms with Gasteiger partial charge in [0, 0.05) is 45.4 Å². The molecule has 7 nitrogen and oxygen atoms in total. The largest absolute Gasteiger partial charge is 0.454 e. The molecule has 0 bridgehead atoms. The predicted molar refractivity (Wildman–Crippen MR) is 116 cm³/mol. The van der Waals surface area contributed by atoms with Gasteiger partial charge in [0.05, 0.1) is 6.61 Å². The minimum Gasteiger partial charge on any atom is -0.454 e. The molecule has 0 spiro atoms. The SMILES string of the molecule is CCOCCNC(=NC)NCC1(c2ccc3c(c2)OCO3)CCOCC1.I. The van der Waals surface area contributed by atoms with E-state index in [9.17, 15) is 0 Å². The molecule has 8 heteroatoms. The molecule has 1 saturated heterocycles. The quantitative estimate of drug-likeness (QED) is 0.264. The van der Waals surface area contributed by atoms with Crippen molar-refractivity contribution in [3.8, 4) is 11.5 Å². The van der Waals surface area contributed by atoms with Crippen molar-refractivity contribution in [2.75, 3.05) is 53.4 Å². The van der Waals surface area contributed by atoms with E-state index in [-0.39, 0.29) is 29.4 Å². The first-order valence-electron chi connectivity index (χ1n) is 9.27. The number of guanidine groups is 1. The summed E-state index contributed by atoms with van der Waals surface area (Å²) in [6.07, 6.45) is 1.91. The van der Waals surface area contributed by atoms with Crippen LogP contribution in [-0.2, 0) is 14.9 Å². The zero-order chi connectivity index (χ0) is 18.2. The van der Waals surface area contributed by atoms with Crippen molar-refractivity contribution in [3.63, 3.8) is 0 Å². The van der Waals surface area contributed by atoms with Gasteiger partial charge in [-0.05, 0) is 37.5 Å². The van der Waals surface area contributed by atoms with Crippen molar-refractivity contribution in [2.24, 2.45) is 4.99 Å². The van der Waals surface area contributed by atoms with Crippen LogP contribution in [-0.4, -0.2) is 59.3 Å². The molecule has 0 saturated carbocycles. The third-order valence-corrected chi connectivity index (χ3v) is 5.00. The summed E-state index contributed by atoms with van der Waals surface area (Å²) >= 11 is 0. The van der Waals surface area contributed by atoms with Crippen molar-refractivity contribution in [2.45, 2.75) is 25.2 Å². The Morgan fingerprint density at radius 2 is 1.96 bits per heavy atom. The standard InChI is InChI=1S/C19H29N3O4.HI/c1-3-23-11-8-21-18(20-2)22-13-19(6-9-24-10-7-19)15-4-5-16-17(12-15)26-14-25-16;/h4-5,12H,3,6-11,13-14H2,1-2H3,(H2,20,21,22);1H. The highest BCUT2D eigenvalue weighted by Crippen LogP contribution is 2.40. The number of benzene rings is 1. The van der Waals surface area contributed by atoms with Crippen molar-refractivity contribution in [1.82, 2.24) is 10.6 Å². The van der Waals surface area contributed by atoms with Crippen LogP contribution in [0, 0.1) is 0 Å². The van der Waals surface area contributed by atoms with Crippen molar-refractivity contribution >= 4 is 29.9 Å². The molecular formula is C19H30IN3O4. The summed E-state index contributed by atoms with van der Waals surface area (Å²) in [5, 5.41) is 6.77. The summed E-state index contributed by atoms with van der Waals surface area (Å²) in [6.45, 7) is 6.70. The molecule has 1 aromatic carbocycles. The van der Waals surface area contributed by atoms with Gasteiger partial charge in [0.25, 0.3) is 0 Å². The number of halogens is 1. The van der Waals surface area contributed by atoms with Gasteiger partial charge < -0.3 is 29.6 Å². The molecule has 0 aliphatic carbocycles. The topological polar surface area (TPSA) is 73.3 Å². The molecule has 0 amide bonds. The van der Waals surface area contributed by atoms with Crippen LogP contribution in [0.4, 0.5) is 0 Å². The Kier molecular flexibility index (Phi) is 8.91. The zero-order valence-electron chi connectivity index (χ0n) is 16.1. The lowest BCUT2D eigenvalue weighted by atomic mass is 9.74. The minimum atomic E-state index is -0.0171. The molecule has 2 N–H and O–H groups in total. The lowest BCUT2D eigenvalue weighted by molar-refractivity contribution is 0.0513. The van der Waals surface area contributed by atoms with E-state index in [1.165, 1.54) is 5.56 Å². The summed E-state index contributed by atoms with van der Waals surface area (Å²) in [5.74, 6) is 2.43. The third-order valence-electron chi connectivity index (χ3n) is 5.00. The fourth-order valence-electron chi connectivity index (χ4n) is 3.42. The number of rotatable bonds is 7. The molecule has 1 fully saturated rings. The number of nitrogens with zero attached hydrogens (tertiary/aromatic N) is 1. The highest BCUT2D eigenvalue weighted by atomic mass is 127. The maximum absolute atomic E-state index is 5.62. The van der Waals surface area contributed by atoms with Crippen molar-refractivity contribution in [1.29, 1.82) is 0 Å². The van der Waals surface area contributed by atoms with Crippen molar-refractivity contribution in [3.05, 3.63) is 23.8 Å². The van der Waals surface area contributed by atoms with Crippen LogP contribution in [0.2, 0.25) is 0 Å². The number of hydrogen-bond acceptors (Lipinski definition) is 5. The molecule has 0 unspecified atom stereocenters. The van der Waals surface area contributed by atoms with E-state index >= 15 is 0 Å². The van der Waals surface area contributed by atoms with Gasteiger partial charge in [-0.1, -0.05) is 6.07 Å². The Bertz CT molecular complexity index is 621. The monoisotopic (exact) mass is 491 g/mol. The maximum atomic E-state index is 5.62. The number of ether oxygens (including phenoxy) is 4. The Morgan fingerprint density at radius 3 is 2.70 bits per heavy atom. The van der Waals surface area contributed by atoms with E-state index in [1.54, 1.807) is 7.05 Å². The molecule has 27 heavy (non-hydrogen) atoms. The van der Waals surface area contributed by atoms with E-state index in [0.717, 1.165) is 63.2 Å². The highest BCUT2D eigenvalue weighted by molar-refractivity contribution is 14.0. The van der Waals surface area contributed by atoms with Crippen molar-refractivity contribution < 1.29 is 18.9 Å². The normalized spacial score (nSPS) is 17.9. The highest BCUT2D eigenvalue weighted by Gasteiger charge is 2.35. The predicted octanol–water partition coefficient (Wildman–Crippen LogP) is 2.28. The van der Waals surface area contributed by atoms with Gasteiger partial charge in [0.15, 0.2) is 17.5 Å². The first kappa shape index (κ1) is 22.0. The Hall–Kier alpha value is -1.26. The second-order valence-electron chi connectivity index (χ2n) is 6.51. The average molecular weight is 491 g/mol. The second kappa shape index (κ2) is 10.9. The van der Waals surface area contributed by atoms with Gasteiger partial charge in [-0.15, -0.1) is 24.0 Å². The third kappa shape index (κ3) is 5.61. The Balaban J connectivity index is 0.00000261. The summed E-state index contributed by atoms with van der Waals surface area (Å²) in [4.78, 5) is 4.32. The first-order chi connectivity index (χ1) is 12.8. The molecule has 0 atom stereocenters. The molecule has 2 heterocycles. The average Bonchev–Trinajstić information content (AvgIpc) is 3.16. The zero-order valence-corrected chi connectivity index (χ0v) is 18.4. The summed E-state index contributed by atoms with van der Waals surface area (Å²) in [5.41, 5.74) is 1.24. The maximum Gasteiger partial charge on any atom is 0.231 e. The van der Waals surface area contributed by atoms with Gasteiger partial charge in [0.2, 0.25) is 6.79 Å². The molecule has 3 rings (SSSR count). The molecule has 1 aromatic rings. The number of hydrogen-bond donors (Lipinski definition) is 2. The van der Waals surface area contributed by atoms with E-state index < -0.39 is 0 Å².